The van der Waals surface area contributed by atoms with Crippen LogP contribution in [0.2, 0.25) is 0 Å². The molecule has 0 fully saturated rings. The molecule has 1 amide bonds. The molecule has 32 heavy (non-hydrogen) atoms. The maximum Gasteiger partial charge on any atom is 0.234 e. The molecule has 0 unspecified atom stereocenters. The summed E-state index contributed by atoms with van der Waals surface area (Å²) in [4.78, 5) is 12.5. The zero-order chi connectivity index (χ0) is 22.3. The van der Waals surface area contributed by atoms with Crippen molar-refractivity contribution in [2.75, 3.05) is 24.3 Å². The second-order valence-electron chi connectivity index (χ2n) is 6.69. The van der Waals surface area contributed by atoms with E-state index in [2.05, 4.69) is 20.6 Å². The van der Waals surface area contributed by atoms with Gasteiger partial charge < -0.3 is 14.8 Å². The number of rotatable bonds is 9. The first-order valence-electron chi connectivity index (χ1n) is 10.3. The van der Waals surface area contributed by atoms with Crippen LogP contribution in [-0.2, 0) is 4.79 Å². The number of benzene rings is 2. The molecule has 4 aromatic rings. The molecule has 164 valence electrons. The summed E-state index contributed by atoms with van der Waals surface area (Å²) >= 11 is 1.34. The Balaban J connectivity index is 1.46. The first-order valence-corrected chi connectivity index (χ1v) is 11.3. The van der Waals surface area contributed by atoms with Gasteiger partial charge in [-0.05, 0) is 62.4 Å². The predicted octanol–water partition coefficient (Wildman–Crippen LogP) is 4.32. The lowest BCUT2D eigenvalue weighted by atomic mass is 10.2. The Morgan fingerprint density at radius 2 is 1.75 bits per heavy atom. The summed E-state index contributed by atoms with van der Waals surface area (Å²) in [6.07, 6.45) is 0. The Labute approximate surface area is 190 Å². The number of thioether (sulfide) groups is 1. The molecule has 0 atom stereocenters. The van der Waals surface area contributed by atoms with E-state index in [4.69, 9.17) is 9.47 Å². The van der Waals surface area contributed by atoms with Crippen molar-refractivity contribution in [2.24, 2.45) is 0 Å². The molecule has 2 aromatic carbocycles. The van der Waals surface area contributed by atoms with E-state index in [1.54, 1.807) is 4.52 Å². The predicted molar refractivity (Wildman–Crippen MR) is 124 cm³/mol. The molecule has 0 radical (unpaired) electrons. The molecule has 0 aliphatic rings. The first-order chi connectivity index (χ1) is 15.7. The summed E-state index contributed by atoms with van der Waals surface area (Å²) < 4.78 is 12.7. The minimum absolute atomic E-state index is 0.139. The van der Waals surface area contributed by atoms with Gasteiger partial charge in [0.05, 0.1) is 24.7 Å². The van der Waals surface area contributed by atoms with Crippen LogP contribution < -0.4 is 14.8 Å². The fourth-order valence-corrected chi connectivity index (χ4v) is 3.73. The van der Waals surface area contributed by atoms with Crippen LogP contribution in [0, 0.1) is 0 Å². The maximum absolute atomic E-state index is 12.5. The number of fused-ring (bicyclic) bond motifs is 1. The molecule has 0 spiro atoms. The molecule has 4 rings (SSSR count). The van der Waals surface area contributed by atoms with Gasteiger partial charge in [-0.25, -0.2) is 0 Å². The van der Waals surface area contributed by atoms with Crippen molar-refractivity contribution in [3.63, 3.8) is 0 Å². The van der Waals surface area contributed by atoms with Crippen molar-refractivity contribution in [2.45, 2.75) is 18.9 Å². The van der Waals surface area contributed by atoms with Crippen molar-refractivity contribution >= 4 is 29.0 Å². The zero-order valence-electron chi connectivity index (χ0n) is 17.8. The number of aromatic nitrogens is 4. The number of nitrogens with one attached hydrogen (secondary N) is 1. The van der Waals surface area contributed by atoms with Crippen molar-refractivity contribution in [3.05, 3.63) is 60.7 Å². The van der Waals surface area contributed by atoms with Crippen LogP contribution in [0.3, 0.4) is 0 Å². The van der Waals surface area contributed by atoms with Crippen molar-refractivity contribution in [1.29, 1.82) is 0 Å². The number of carbonyl (C=O) groups is 1. The highest BCUT2D eigenvalue weighted by atomic mass is 32.2. The number of para-hydroxylation sites is 2. The van der Waals surface area contributed by atoms with E-state index in [1.165, 1.54) is 11.8 Å². The van der Waals surface area contributed by atoms with Gasteiger partial charge in [-0.3, -0.25) is 4.79 Å². The lowest BCUT2D eigenvalue weighted by Gasteiger charge is -2.11. The van der Waals surface area contributed by atoms with E-state index in [0.29, 0.717) is 41.1 Å². The molecular weight excluding hydrogens is 426 g/mol. The molecule has 1 N–H and O–H groups in total. The summed E-state index contributed by atoms with van der Waals surface area (Å²) in [5, 5.41) is 16.7. The number of hydrogen-bond acceptors (Lipinski definition) is 7. The summed E-state index contributed by atoms with van der Waals surface area (Å²) in [7, 11) is 0. The molecule has 2 heterocycles. The molecule has 2 aromatic heterocycles. The standard InChI is InChI=1S/C23H23N5O3S/c1-3-30-17-11-9-16(10-12-17)23-26-25-20-13-14-22(27-28(20)23)32-15-21(29)24-18-7-5-6-8-19(18)31-4-2/h5-14H,3-4,15H2,1-2H3,(H,24,29). The van der Waals surface area contributed by atoms with E-state index in [0.717, 1.165) is 11.3 Å². The normalized spacial score (nSPS) is 10.8. The van der Waals surface area contributed by atoms with Gasteiger partial charge in [0.25, 0.3) is 0 Å². The average molecular weight is 450 g/mol. The van der Waals surface area contributed by atoms with E-state index in [1.807, 2.05) is 74.5 Å². The van der Waals surface area contributed by atoms with Gasteiger partial charge >= 0.3 is 0 Å². The number of amides is 1. The molecular formula is C23H23N5O3S. The molecule has 0 aliphatic heterocycles. The molecule has 0 bridgehead atoms. The minimum Gasteiger partial charge on any atom is -0.494 e. The summed E-state index contributed by atoms with van der Waals surface area (Å²) in [6.45, 7) is 4.99. The van der Waals surface area contributed by atoms with Gasteiger partial charge in [-0.2, -0.15) is 9.61 Å². The number of ether oxygens (including phenoxy) is 2. The number of hydrogen-bond donors (Lipinski definition) is 1. The summed E-state index contributed by atoms with van der Waals surface area (Å²) in [5.41, 5.74) is 2.16. The van der Waals surface area contributed by atoms with Crippen LogP contribution >= 0.6 is 11.8 Å². The lowest BCUT2D eigenvalue weighted by Crippen LogP contribution is -2.15. The fourth-order valence-electron chi connectivity index (χ4n) is 3.07. The Bertz CT molecular complexity index is 1210. The minimum atomic E-state index is -0.139. The van der Waals surface area contributed by atoms with E-state index >= 15 is 0 Å². The fraction of sp³-hybridized carbons (Fsp3) is 0.217. The third kappa shape index (κ3) is 5.00. The largest absolute Gasteiger partial charge is 0.494 e. The molecule has 0 aliphatic carbocycles. The van der Waals surface area contributed by atoms with E-state index in [-0.39, 0.29) is 11.7 Å². The smallest absolute Gasteiger partial charge is 0.234 e. The first kappa shape index (κ1) is 21.6. The van der Waals surface area contributed by atoms with E-state index in [9.17, 15) is 4.79 Å². The second-order valence-corrected chi connectivity index (χ2v) is 7.68. The second kappa shape index (κ2) is 10.1. The molecule has 8 nitrogen and oxygen atoms in total. The maximum atomic E-state index is 12.5. The highest BCUT2D eigenvalue weighted by Gasteiger charge is 2.12. The van der Waals surface area contributed by atoms with Crippen LogP contribution in [-0.4, -0.2) is 44.7 Å². The summed E-state index contributed by atoms with van der Waals surface area (Å²) in [6, 6.07) is 18.7. The Morgan fingerprint density at radius 1 is 0.969 bits per heavy atom. The molecule has 0 saturated carbocycles. The average Bonchev–Trinajstić information content (AvgIpc) is 3.23. The Hall–Kier alpha value is -3.59. The SMILES string of the molecule is CCOc1ccc(-c2nnc3ccc(SCC(=O)Nc4ccccc4OCC)nn23)cc1. The van der Waals surface area contributed by atoms with Crippen LogP contribution in [0.25, 0.3) is 17.0 Å². The highest BCUT2D eigenvalue weighted by Crippen LogP contribution is 2.25. The van der Waals surface area contributed by atoms with Gasteiger partial charge in [-0.15, -0.1) is 10.2 Å². The molecule has 9 heteroatoms. The zero-order valence-corrected chi connectivity index (χ0v) is 18.6. The van der Waals surface area contributed by atoms with Crippen molar-refractivity contribution in [1.82, 2.24) is 19.8 Å². The third-order valence-electron chi connectivity index (χ3n) is 4.47. The summed E-state index contributed by atoms with van der Waals surface area (Å²) in [5.74, 6) is 2.14. The quantitative estimate of drug-likeness (QED) is 0.381. The number of anilines is 1. The van der Waals surface area contributed by atoms with Crippen LogP contribution in [0.1, 0.15) is 13.8 Å². The number of carbonyl (C=O) groups excluding carboxylic acids is 1. The van der Waals surface area contributed by atoms with Gasteiger partial charge in [0, 0.05) is 5.56 Å². The van der Waals surface area contributed by atoms with Crippen molar-refractivity contribution < 1.29 is 14.3 Å². The monoisotopic (exact) mass is 449 g/mol. The van der Waals surface area contributed by atoms with Gasteiger partial charge in [0.15, 0.2) is 11.5 Å². The van der Waals surface area contributed by atoms with E-state index < -0.39 is 0 Å². The van der Waals surface area contributed by atoms with Crippen LogP contribution in [0.15, 0.2) is 65.7 Å². The Kier molecular flexibility index (Phi) is 6.86. The van der Waals surface area contributed by atoms with Gasteiger partial charge in [0.2, 0.25) is 5.91 Å². The van der Waals surface area contributed by atoms with Crippen LogP contribution in [0.4, 0.5) is 5.69 Å². The molecule has 0 saturated heterocycles. The lowest BCUT2D eigenvalue weighted by molar-refractivity contribution is -0.113. The van der Waals surface area contributed by atoms with Crippen LogP contribution in [0.5, 0.6) is 11.5 Å². The van der Waals surface area contributed by atoms with Gasteiger partial charge in [0.1, 0.15) is 16.5 Å². The van der Waals surface area contributed by atoms with Gasteiger partial charge in [-0.1, -0.05) is 23.9 Å². The third-order valence-corrected chi connectivity index (χ3v) is 5.39. The topological polar surface area (TPSA) is 90.6 Å². The highest BCUT2D eigenvalue weighted by molar-refractivity contribution is 7.99. The number of nitrogens with zero attached hydrogens (tertiary/aromatic N) is 4. The Morgan fingerprint density at radius 3 is 2.53 bits per heavy atom. The van der Waals surface area contributed by atoms with Crippen molar-refractivity contribution in [3.8, 4) is 22.9 Å².